The number of hydroxylamine groups is 1. The zero-order valence-corrected chi connectivity index (χ0v) is 44.9. The van der Waals surface area contributed by atoms with Crippen LogP contribution < -0.4 is 5.06 Å². The molecule has 1 aromatic carbocycles. The summed E-state index contributed by atoms with van der Waals surface area (Å²) < 4.78 is 29.9. The summed E-state index contributed by atoms with van der Waals surface area (Å²) in [5, 5.41) is 36.2. The molecule has 0 radical (unpaired) electrons. The zero-order valence-electron chi connectivity index (χ0n) is 44.9. The van der Waals surface area contributed by atoms with Gasteiger partial charge in [0.2, 0.25) is 5.79 Å². The molecule has 0 spiro atoms. The molecule has 3 fully saturated rings. The number of hydrogen-bond donors (Lipinski definition) is 3. The van der Waals surface area contributed by atoms with Crippen molar-refractivity contribution in [2.75, 3.05) is 32.9 Å². The van der Waals surface area contributed by atoms with Crippen LogP contribution in [0.2, 0.25) is 0 Å². The number of allylic oxidation sites excluding steroid dienone is 1. The maximum atomic E-state index is 14.5. The van der Waals surface area contributed by atoms with Crippen molar-refractivity contribution in [3.8, 4) is 0 Å². The monoisotopic (exact) mass is 1020 g/mol. The zero-order chi connectivity index (χ0) is 53.3. The van der Waals surface area contributed by atoms with Crippen LogP contribution in [0.3, 0.4) is 0 Å². The van der Waals surface area contributed by atoms with E-state index in [0.717, 1.165) is 11.3 Å². The number of Topliss-reactive ketones (excluding diaryl/α,β-unsaturated/α-hetero) is 3. The Morgan fingerprint density at radius 3 is 2.23 bits per heavy atom. The van der Waals surface area contributed by atoms with Gasteiger partial charge in [-0.3, -0.25) is 24.0 Å². The van der Waals surface area contributed by atoms with Gasteiger partial charge >= 0.3 is 5.97 Å². The normalized spacial score (nSPS) is 37.8. The quantitative estimate of drug-likeness (QED) is 0.146. The summed E-state index contributed by atoms with van der Waals surface area (Å²) in [5.74, 6) is -8.42. The molecule has 3 N–H and O–H groups in total. The summed E-state index contributed by atoms with van der Waals surface area (Å²) in [6.07, 6.45) is 6.48. The van der Waals surface area contributed by atoms with Crippen LogP contribution in [0.5, 0.6) is 0 Å². The summed E-state index contributed by atoms with van der Waals surface area (Å²) >= 11 is 0. The molecular weight excluding hydrogens is 937 g/mol. The van der Waals surface area contributed by atoms with Gasteiger partial charge in [0.15, 0.2) is 5.78 Å². The molecular formula is C57H84N2O14. The van der Waals surface area contributed by atoms with E-state index in [1.165, 1.54) is 12.0 Å². The number of aliphatic hydroxyl groups is 3. The van der Waals surface area contributed by atoms with E-state index >= 15 is 0 Å². The minimum Gasteiger partial charge on any atom is -0.460 e. The van der Waals surface area contributed by atoms with Crippen LogP contribution in [-0.4, -0.2) is 144 Å². The number of piperidine rings is 1. The van der Waals surface area contributed by atoms with Crippen molar-refractivity contribution < 1.29 is 67.8 Å². The van der Waals surface area contributed by atoms with Crippen molar-refractivity contribution in [3.63, 3.8) is 0 Å². The van der Waals surface area contributed by atoms with E-state index in [1.54, 1.807) is 41.1 Å². The Labute approximate surface area is 432 Å². The van der Waals surface area contributed by atoms with Crippen LogP contribution in [-0.2, 0) is 52.5 Å². The number of fused-ring (bicyclic) bond motifs is 16. The molecule has 7 rings (SSSR count). The number of para-hydroxylation sites is 1. The lowest BCUT2D eigenvalue weighted by atomic mass is 9.78. The Morgan fingerprint density at radius 2 is 1.55 bits per heavy atom. The predicted octanol–water partition coefficient (Wildman–Crippen LogP) is 6.81. The van der Waals surface area contributed by atoms with Gasteiger partial charge in [-0.15, -0.1) is 0 Å². The number of anilines is 1. The Kier molecular flexibility index (Phi) is 20.8. The molecule has 2 saturated heterocycles. The molecule has 1 aliphatic carbocycles. The largest absolute Gasteiger partial charge is 0.460 e. The molecule has 17 atom stereocenters. The first-order valence-corrected chi connectivity index (χ1v) is 26.7. The molecule has 1 aromatic rings. The molecule has 5 aliphatic heterocycles. The van der Waals surface area contributed by atoms with E-state index < -0.39 is 90.0 Å². The van der Waals surface area contributed by atoms with Crippen molar-refractivity contribution in [2.24, 2.45) is 35.5 Å². The number of carbonyl (C=O) groups is 5. The summed E-state index contributed by atoms with van der Waals surface area (Å²) in [4.78, 5) is 79.7. The first kappa shape index (κ1) is 58.1. The SMILES string of the molecule is COC1C[C@@H]2CC[C@@H](C)[C@@](O)(O2)C(=O)C(=O)N2CCCC[C@H]2C(=O)O[C@H]([C@H](C)C[C@@H]2CC[C@@H](O)[C@H](OC)C2)CC(=O)[C@H](C)C=C(C)[C@@H](O)C(OC)C(=O)[C@H](C)C[C@H](C)C2C=CC(C=C1C)ON2c1ccccc1. The fourth-order valence-corrected chi connectivity index (χ4v) is 11.8. The van der Waals surface area contributed by atoms with Gasteiger partial charge in [-0.05, 0) is 125 Å². The van der Waals surface area contributed by atoms with Crippen LogP contribution in [0, 0.1) is 35.5 Å². The molecule has 406 valence electrons. The minimum atomic E-state index is -2.47. The maximum absolute atomic E-state index is 14.5. The highest BCUT2D eigenvalue weighted by atomic mass is 16.7. The smallest absolute Gasteiger partial charge is 0.329 e. The second-order valence-electron chi connectivity index (χ2n) is 21.9. The number of rotatable bonds is 7. The Morgan fingerprint density at radius 1 is 0.822 bits per heavy atom. The molecule has 16 nitrogen and oxygen atoms in total. The topological polar surface area (TPSA) is 208 Å². The van der Waals surface area contributed by atoms with Gasteiger partial charge in [0, 0.05) is 58.5 Å². The van der Waals surface area contributed by atoms with Gasteiger partial charge in [-0.1, -0.05) is 71.0 Å². The average molecular weight is 1020 g/mol. The molecule has 73 heavy (non-hydrogen) atoms. The number of carbonyl (C=O) groups excluding carboxylic acids is 5. The van der Waals surface area contributed by atoms with Crippen LogP contribution in [0.1, 0.15) is 126 Å². The lowest BCUT2D eigenvalue weighted by Gasteiger charge is -2.43. The number of ketones is 3. The van der Waals surface area contributed by atoms with Crippen molar-refractivity contribution >= 4 is 34.9 Å². The highest BCUT2D eigenvalue weighted by molar-refractivity contribution is 6.39. The third-order valence-corrected chi connectivity index (χ3v) is 16.5. The van der Waals surface area contributed by atoms with Gasteiger partial charge in [0.05, 0.1) is 36.1 Å². The van der Waals surface area contributed by atoms with Crippen LogP contribution >= 0.6 is 0 Å². The second-order valence-corrected chi connectivity index (χ2v) is 21.9. The van der Waals surface area contributed by atoms with Gasteiger partial charge in [0.25, 0.3) is 11.7 Å². The van der Waals surface area contributed by atoms with Crippen molar-refractivity contribution in [2.45, 2.75) is 192 Å². The molecule has 4 bridgehead atoms. The van der Waals surface area contributed by atoms with Crippen molar-refractivity contribution in [1.82, 2.24) is 4.90 Å². The molecule has 16 heteroatoms. The fraction of sp³-hybridized carbons (Fsp3) is 0.702. The minimum absolute atomic E-state index is 0.0716. The summed E-state index contributed by atoms with van der Waals surface area (Å²) in [7, 11) is 4.53. The van der Waals surface area contributed by atoms with E-state index in [4.69, 9.17) is 28.5 Å². The standard InChI is InChI=1S/C57H84N2O14/c1-33-26-37(5)51(62)53(70-10)52(63)38(6)27-34(2)47(61)32-49(35(3)28-40-20-24-46(60)50(30-40)69-9)71-56(66)45-18-14-15-25-58(45)55(65)54(64)57(67)39(7)19-21-42(72-57)31-48(68-8)36(4)29-43-22-23-44(33)59(73-43)41-16-12-11-13-17-41/h11-13,16-17,22-23,27,29,33-35,37,39-40,42-46,48-50,52-53,60,63,67H,14-15,18-21,24-26,28,30-32H2,1-10H3/t33-,34+,35+,37+,39+,40-,42-,43?,44?,45-,46+,48?,49-,50+,52+,53?,57+/m0/s1. The molecule has 1 saturated carbocycles. The first-order valence-electron chi connectivity index (χ1n) is 26.7. The highest BCUT2D eigenvalue weighted by Gasteiger charge is 2.53. The Bertz CT molecular complexity index is 2150. The number of aliphatic hydroxyl groups excluding tert-OH is 2. The average Bonchev–Trinajstić information content (AvgIpc) is 3.38. The highest BCUT2D eigenvalue weighted by Crippen LogP contribution is 2.39. The number of ether oxygens (including phenoxy) is 5. The molecule has 5 heterocycles. The van der Waals surface area contributed by atoms with Crippen molar-refractivity contribution in [3.05, 3.63) is 65.8 Å². The second kappa shape index (κ2) is 26.1. The molecule has 6 aliphatic rings. The maximum Gasteiger partial charge on any atom is 0.329 e. The fourth-order valence-electron chi connectivity index (χ4n) is 11.8. The van der Waals surface area contributed by atoms with Crippen LogP contribution in [0.4, 0.5) is 5.69 Å². The van der Waals surface area contributed by atoms with Crippen LogP contribution in [0.25, 0.3) is 0 Å². The van der Waals surface area contributed by atoms with E-state index in [1.807, 2.05) is 68.3 Å². The number of methoxy groups -OCH3 is 3. The number of nitrogens with zero attached hydrogens (tertiary/aromatic N) is 2. The number of amides is 1. The van der Waals surface area contributed by atoms with Gasteiger partial charge in [0.1, 0.15) is 36.2 Å². The third kappa shape index (κ3) is 14.0. The Balaban J connectivity index is 1.35. The molecule has 0 aromatic heterocycles. The number of esters is 1. The van der Waals surface area contributed by atoms with Crippen molar-refractivity contribution in [1.29, 1.82) is 0 Å². The summed E-state index contributed by atoms with van der Waals surface area (Å²) in [5.41, 5.74) is 2.00. The lowest BCUT2D eigenvalue weighted by Crippen LogP contribution is -2.61. The van der Waals surface area contributed by atoms with Gasteiger partial charge < -0.3 is 43.9 Å². The lowest BCUT2D eigenvalue weighted by molar-refractivity contribution is -0.265. The van der Waals surface area contributed by atoms with E-state index in [9.17, 15) is 39.3 Å². The van der Waals surface area contributed by atoms with Gasteiger partial charge in [-0.2, -0.15) is 0 Å². The first-order chi connectivity index (χ1) is 34.7. The summed E-state index contributed by atoms with van der Waals surface area (Å²) in [6, 6.07) is 8.24. The third-order valence-electron chi connectivity index (χ3n) is 16.5. The summed E-state index contributed by atoms with van der Waals surface area (Å²) in [6.45, 7) is 12.8. The van der Waals surface area contributed by atoms with E-state index in [0.29, 0.717) is 63.4 Å². The predicted molar refractivity (Wildman–Crippen MR) is 274 cm³/mol. The molecule has 1 amide bonds. The Hall–Kier alpha value is -4.13. The number of hydrogen-bond acceptors (Lipinski definition) is 15. The molecule has 4 unspecified atom stereocenters. The van der Waals surface area contributed by atoms with E-state index in [-0.39, 0.29) is 67.3 Å². The number of benzene rings is 1. The van der Waals surface area contributed by atoms with Crippen LogP contribution in [0.15, 0.2) is 65.8 Å². The van der Waals surface area contributed by atoms with Gasteiger partial charge in [-0.25, -0.2) is 9.86 Å². The van der Waals surface area contributed by atoms with E-state index in [2.05, 4.69) is 13.0 Å².